The fraction of sp³-hybridized carbons (Fsp3) is 0.400. The van der Waals surface area contributed by atoms with Crippen LogP contribution >= 0.6 is 11.6 Å². The van der Waals surface area contributed by atoms with Crippen molar-refractivity contribution < 1.29 is 9.31 Å². The third-order valence-electron chi connectivity index (χ3n) is 1.98. The molecule has 1 atom stereocenters. The van der Waals surface area contributed by atoms with Gasteiger partial charge in [0.2, 0.25) is 0 Å². The van der Waals surface area contributed by atoms with E-state index in [1.807, 2.05) is 6.92 Å². The molecule has 0 bridgehead atoms. The second-order valence-corrected chi connectivity index (χ2v) is 4.14. The van der Waals surface area contributed by atoms with E-state index in [1.54, 1.807) is 0 Å². The second kappa shape index (κ2) is 5.07. The summed E-state index contributed by atoms with van der Waals surface area (Å²) in [6.07, 6.45) is 1.21. The minimum Gasteiger partial charge on any atom is -0.258 e. The normalized spacial score (nSPS) is 12.5. The van der Waals surface area contributed by atoms with E-state index in [9.17, 15) is 14.5 Å². The smallest absolute Gasteiger partial charge is 0.258 e. The Balaban J connectivity index is 2.84. The van der Waals surface area contributed by atoms with Crippen molar-refractivity contribution in [2.24, 2.45) is 0 Å². The maximum absolute atomic E-state index is 13.0. The van der Waals surface area contributed by atoms with E-state index in [-0.39, 0.29) is 11.1 Å². The number of rotatable bonds is 4. The molecule has 82 valence electrons. The van der Waals surface area contributed by atoms with E-state index in [4.69, 9.17) is 11.6 Å². The number of hydrogen-bond donors (Lipinski definition) is 0. The summed E-state index contributed by atoms with van der Waals surface area (Å²) in [5.74, 6) is -0.582. The van der Waals surface area contributed by atoms with Gasteiger partial charge in [-0.05, 0) is 31.4 Å². The molecule has 0 radical (unpaired) electrons. The zero-order valence-corrected chi connectivity index (χ0v) is 9.00. The van der Waals surface area contributed by atoms with Gasteiger partial charge >= 0.3 is 0 Å². The molecule has 1 unspecified atom stereocenters. The predicted molar refractivity (Wildman–Crippen MR) is 56.7 cm³/mol. The van der Waals surface area contributed by atoms with Crippen molar-refractivity contribution in [2.45, 2.75) is 25.1 Å². The molecule has 0 spiro atoms. The van der Waals surface area contributed by atoms with E-state index in [0.29, 0.717) is 18.4 Å². The minimum atomic E-state index is -0.600. The first-order valence-corrected chi connectivity index (χ1v) is 5.00. The molecule has 0 aliphatic rings. The van der Waals surface area contributed by atoms with Crippen LogP contribution in [0.3, 0.4) is 0 Å². The first-order valence-electron chi connectivity index (χ1n) is 4.57. The van der Waals surface area contributed by atoms with Crippen LogP contribution in [0.15, 0.2) is 18.2 Å². The lowest BCUT2D eigenvalue weighted by molar-refractivity contribution is -0.385. The number of alkyl halides is 1. The molecular formula is C10H11ClFNO2. The average molecular weight is 232 g/mol. The molecule has 3 nitrogen and oxygen atoms in total. The van der Waals surface area contributed by atoms with Gasteiger partial charge in [0, 0.05) is 11.4 Å². The molecule has 0 aliphatic heterocycles. The van der Waals surface area contributed by atoms with Gasteiger partial charge in [-0.3, -0.25) is 10.1 Å². The van der Waals surface area contributed by atoms with E-state index in [2.05, 4.69) is 0 Å². The van der Waals surface area contributed by atoms with Crippen LogP contribution < -0.4 is 0 Å². The van der Waals surface area contributed by atoms with Gasteiger partial charge < -0.3 is 0 Å². The zero-order valence-electron chi connectivity index (χ0n) is 8.24. The van der Waals surface area contributed by atoms with Crippen molar-refractivity contribution >= 4 is 17.3 Å². The Kier molecular flexibility index (Phi) is 4.03. The molecule has 5 heteroatoms. The van der Waals surface area contributed by atoms with Crippen molar-refractivity contribution in [1.82, 2.24) is 0 Å². The summed E-state index contributed by atoms with van der Waals surface area (Å²) >= 11 is 5.74. The number of nitrogens with zero attached hydrogens (tertiary/aromatic N) is 1. The van der Waals surface area contributed by atoms with Gasteiger partial charge in [-0.2, -0.15) is 0 Å². The molecule has 1 aromatic carbocycles. The van der Waals surface area contributed by atoms with Gasteiger partial charge in [0.05, 0.1) is 11.0 Å². The number of nitro groups is 1. The maximum Gasteiger partial charge on any atom is 0.272 e. The Labute approximate surface area is 92.0 Å². The van der Waals surface area contributed by atoms with Crippen LogP contribution in [-0.4, -0.2) is 10.3 Å². The Bertz CT molecular complexity index is 368. The third-order valence-corrected chi connectivity index (χ3v) is 2.20. The van der Waals surface area contributed by atoms with Crippen LogP contribution in [-0.2, 0) is 6.42 Å². The molecule has 1 rings (SSSR count). The molecule has 0 N–H and O–H groups in total. The summed E-state index contributed by atoms with van der Waals surface area (Å²) in [6.45, 7) is 1.83. The summed E-state index contributed by atoms with van der Waals surface area (Å²) in [5, 5.41) is 10.4. The number of hydrogen-bond acceptors (Lipinski definition) is 2. The second-order valence-electron chi connectivity index (χ2n) is 3.39. The van der Waals surface area contributed by atoms with Gasteiger partial charge in [0.1, 0.15) is 5.82 Å². The van der Waals surface area contributed by atoms with E-state index >= 15 is 0 Å². The number of nitro benzene ring substituents is 1. The third kappa shape index (κ3) is 3.83. The van der Waals surface area contributed by atoms with Crippen LogP contribution in [0.4, 0.5) is 10.1 Å². The summed E-state index contributed by atoms with van der Waals surface area (Å²) in [5.41, 5.74) is 0.390. The zero-order chi connectivity index (χ0) is 11.4. The van der Waals surface area contributed by atoms with Gasteiger partial charge in [-0.15, -0.1) is 11.6 Å². The Morgan fingerprint density at radius 2 is 2.20 bits per heavy atom. The predicted octanol–water partition coefficient (Wildman–Crippen LogP) is 3.29. The van der Waals surface area contributed by atoms with Crippen molar-refractivity contribution in [2.75, 3.05) is 0 Å². The van der Waals surface area contributed by atoms with Crippen LogP contribution in [0, 0.1) is 15.9 Å². The van der Waals surface area contributed by atoms with Crippen molar-refractivity contribution in [3.05, 3.63) is 39.7 Å². The number of halogens is 2. The minimum absolute atomic E-state index is 0.0210. The summed E-state index contributed by atoms with van der Waals surface area (Å²) in [6, 6.07) is 3.59. The monoisotopic (exact) mass is 231 g/mol. The fourth-order valence-corrected chi connectivity index (χ4v) is 1.36. The SMILES string of the molecule is CC(Cl)CCc1cc(F)cc([N+](=O)[O-])c1. The molecule has 0 saturated carbocycles. The van der Waals surface area contributed by atoms with Crippen LogP contribution in [0.5, 0.6) is 0 Å². The van der Waals surface area contributed by atoms with E-state index in [1.165, 1.54) is 12.1 Å². The molecule has 0 heterocycles. The Morgan fingerprint density at radius 1 is 1.53 bits per heavy atom. The molecule has 15 heavy (non-hydrogen) atoms. The number of benzene rings is 1. The Hall–Kier alpha value is -1.16. The largest absolute Gasteiger partial charge is 0.272 e. The number of non-ortho nitro benzene ring substituents is 1. The van der Waals surface area contributed by atoms with Gasteiger partial charge in [-0.25, -0.2) is 4.39 Å². The quantitative estimate of drug-likeness (QED) is 0.453. The maximum atomic E-state index is 13.0. The molecule has 1 aromatic rings. The number of aryl methyl sites for hydroxylation is 1. The topological polar surface area (TPSA) is 43.1 Å². The lowest BCUT2D eigenvalue weighted by atomic mass is 10.1. The van der Waals surface area contributed by atoms with Crippen molar-refractivity contribution in [1.29, 1.82) is 0 Å². The fourth-order valence-electron chi connectivity index (χ4n) is 1.25. The van der Waals surface area contributed by atoms with E-state index < -0.39 is 10.7 Å². The summed E-state index contributed by atoms with van der Waals surface area (Å²) in [4.78, 5) is 9.86. The first kappa shape index (κ1) is 11.9. The highest BCUT2D eigenvalue weighted by molar-refractivity contribution is 6.20. The summed E-state index contributed by atoms with van der Waals surface area (Å²) in [7, 11) is 0. The average Bonchev–Trinajstić information content (AvgIpc) is 2.13. The van der Waals surface area contributed by atoms with Gasteiger partial charge in [0.15, 0.2) is 0 Å². The molecule has 0 amide bonds. The lowest BCUT2D eigenvalue weighted by Crippen LogP contribution is -1.97. The highest BCUT2D eigenvalue weighted by atomic mass is 35.5. The standard InChI is InChI=1S/C10H11ClFNO2/c1-7(11)2-3-8-4-9(12)6-10(5-8)13(14)15/h4-7H,2-3H2,1H3. The Morgan fingerprint density at radius 3 is 2.73 bits per heavy atom. The van der Waals surface area contributed by atoms with Gasteiger partial charge in [-0.1, -0.05) is 0 Å². The van der Waals surface area contributed by atoms with Crippen LogP contribution in [0.1, 0.15) is 18.9 Å². The van der Waals surface area contributed by atoms with Crippen LogP contribution in [0.2, 0.25) is 0 Å². The molecular weight excluding hydrogens is 221 g/mol. The molecule has 0 saturated heterocycles. The van der Waals surface area contributed by atoms with E-state index in [0.717, 1.165) is 6.07 Å². The molecule has 0 fully saturated rings. The highest BCUT2D eigenvalue weighted by Gasteiger charge is 2.10. The highest BCUT2D eigenvalue weighted by Crippen LogP contribution is 2.18. The molecule has 0 aromatic heterocycles. The van der Waals surface area contributed by atoms with Crippen molar-refractivity contribution in [3.8, 4) is 0 Å². The van der Waals surface area contributed by atoms with Crippen molar-refractivity contribution in [3.63, 3.8) is 0 Å². The lowest BCUT2D eigenvalue weighted by Gasteiger charge is -2.03. The van der Waals surface area contributed by atoms with Gasteiger partial charge in [0.25, 0.3) is 5.69 Å². The molecule has 0 aliphatic carbocycles. The first-order chi connectivity index (χ1) is 6.99. The summed E-state index contributed by atoms with van der Waals surface area (Å²) < 4.78 is 13.0. The van der Waals surface area contributed by atoms with Crippen LogP contribution in [0.25, 0.3) is 0 Å².